The van der Waals surface area contributed by atoms with Crippen molar-refractivity contribution in [2.45, 2.75) is 25.7 Å². The summed E-state index contributed by atoms with van der Waals surface area (Å²) in [5, 5.41) is 3.26. The summed E-state index contributed by atoms with van der Waals surface area (Å²) in [6, 6.07) is 7.79. The molecule has 1 fully saturated rings. The first kappa shape index (κ1) is 16.3. The lowest BCUT2D eigenvalue weighted by Crippen LogP contribution is -2.37. The van der Waals surface area contributed by atoms with Crippen molar-refractivity contribution in [1.82, 2.24) is 10.2 Å². The van der Waals surface area contributed by atoms with Gasteiger partial charge in [-0.2, -0.15) is 0 Å². The molecule has 1 heterocycles. The molecule has 0 aliphatic carbocycles. The minimum atomic E-state index is 0.274. The van der Waals surface area contributed by atoms with E-state index in [4.69, 9.17) is 4.74 Å². The maximum Gasteiger partial charge on any atom is 0.223 e. The Bertz CT molecular complexity index is 430. The second kappa shape index (κ2) is 9.05. The number of benzene rings is 1. The van der Waals surface area contributed by atoms with Crippen molar-refractivity contribution in [2.75, 3.05) is 32.8 Å². The molecule has 1 amide bonds. The number of halogens is 1. The van der Waals surface area contributed by atoms with Crippen molar-refractivity contribution in [3.8, 4) is 5.75 Å². The predicted octanol–water partition coefficient (Wildman–Crippen LogP) is 2.82. The highest BCUT2D eigenvalue weighted by atomic mass is 79.9. The van der Waals surface area contributed by atoms with Gasteiger partial charge in [0.25, 0.3) is 0 Å². The molecule has 1 aromatic rings. The average Bonchev–Trinajstić information content (AvgIpc) is 2.53. The number of amides is 1. The molecule has 116 valence electrons. The minimum absolute atomic E-state index is 0.274. The maximum atomic E-state index is 11.9. The Kier molecular flexibility index (Phi) is 7.03. The van der Waals surface area contributed by atoms with Crippen LogP contribution in [0.5, 0.6) is 5.75 Å². The quantitative estimate of drug-likeness (QED) is 0.765. The van der Waals surface area contributed by atoms with E-state index in [0.717, 1.165) is 49.2 Å². The lowest BCUT2D eigenvalue weighted by atomic mass is 10.1. The van der Waals surface area contributed by atoms with Crippen LogP contribution in [0.25, 0.3) is 0 Å². The molecule has 0 unspecified atom stereocenters. The summed E-state index contributed by atoms with van der Waals surface area (Å²) in [6.45, 7) is 3.96. The van der Waals surface area contributed by atoms with Crippen LogP contribution in [0.4, 0.5) is 0 Å². The normalized spacial score (nSPS) is 15.0. The van der Waals surface area contributed by atoms with E-state index in [9.17, 15) is 4.79 Å². The number of hydrogen-bond donors (Lipinski definition) is 1. The van der Waals surface area contributed by atoms with Gasteiger partial charge in [0.1, 0.15) is 12.4 Å². The Morgan fingerprint density at radius 2 is 1.86 bits per heavy atom. The Balaban J connectivity index is 1.51. The highest BCUT2D eigenvalue weighted by molar-refractivity contribution is 9.10. The summed E-state index contributed by atoms with van der Waals surface area (Å²) >= 11 is 3.39. The van der Waals surface area contributed by atoms with Crippen LogP contribution in [0.1, 0.15) is 25.7 Å². The van der Waals surface area contributed by atoms with Gasteiger partial charge in [0.2, 0.25) is 5.91 Å². The number of carbonyl (C=O) groups excluding carboxylic acids is 1. The van der Waals surface area contributed by atoms with E-state index in [0.29, 0.717) is 13.0 Å². The molecule has 1 aromatic carbocycles. The fourth-order valence-corrected chi connectivity index (χ4v) is 2.66. The van der Waals surface area contributed by atoms with Crippen molar-refractivity contribution in [3.05, 3.63) is 28.7 Å². The van der Waals surface area contributed by atoms with E-state index < -0.39 is 0 Å². The Morgan fingerprint density at radius 1 is 1.14 bits per heavy atom. The number of ether oxygens (including phenoxy) is 1. The molecule has 0 bridgehead atoms. The summed E-state index contributed by atoms with van der Waals surface area (Å²) in [5.41, 5.74) is 0. The van der Waals surface area contributed by atoms with E-state index >= 15 is 0 Å². The first-order valence-corrected chi connectivity index (χ1v) is 8.42. The molecule has 21 heavy (non-hydrogen) atoms. The standard InChI is InChI=1S/C16H23BrN2O2/c17-14-4-6-15(7-5-14)21-13-10-18-9-8-16(20)19-11-2-1-3-12-19/h4-7,18H,1-3,8-13H2. The molecule has 0 radical (unpaired) electrons. The first-order valence-electron chi connectivity index (χ1n) is 7.62. The highest BCUT2D eigenvalue weighted by Gasteiger charge is 2.15. The molecule has 0 saturated carbocycles. The fourth-order valence-electron chi connectivity index (χ4n) is 2.39. The number of nitrogens with one attached hydrogen (secondary N) is 1. The molecular weight excluding hydrogens is 332 g/mol. The van der Waals surface area contributed by atoms with Crippen LogP contribution < -0.4 is 10.1 Å². The van der Waals surface area contributed by atoms with Gasteiger partial charge in [-0.1, -0.05) is 15.9 Å². The second-order valence-electron chi connectivity index (χ2n) is 5.24. The molecule has 1 N–H and O–H groups in total. The van der Waals surface area contributed by atoms with Gasteiger partial charge >= 0.3 is 0 Å². The van der Waals surface area contributed by atoms with Crippen molar-refractivity contribution in [3.63, 3.8) is 0 Å². The molecule has 1 aliphatic rings. The largest absolute Gasteiger partial charge is 0.492 e. The summed E-state index contributed by atoms with van der Waals surface area (Å²) in [5.74, 6) is 1.14. The number of rotatable bonds is 7. The van der Waals surface area contributed by atoms with E-state index in [1.165, 1.54) is 6.42 Å². The van der Waals surface area contributed by atoms with E-state index in [2.05, 4.69) is 21.2 Å². The third-order valence-electron chi connectivity index (χ3n) is 3.59. The Hall–Kier alpha value is -1.07. The fraction of sp³-hybridized carbons (Fsp3) is 0.562. The van der Waals surface area contributed by atoms with Gasteiger partial charge in [-0.05, 0) is 43.5 Å². The molecule has 0 aromatic heterocycles. The van der Waals surface area contributed by atoms with Crippen LogP contribution in [0.2, 0.25) is 0 Å². The van der Waals surface area contributed by atoms with Gasteiger partial charge in [0.15, 0.2) is 0 Å². The third kappa shape index (κ3) is 6.06. The van der Waals surface area contributed by atoms with Crippen molar-refractivity contribution in [1.29, 1.82) is 0 Å². The zero-order valence-electron chi connectivity index (χ0n) is 12.3. The number of hydrogen-bond acceptors (Lipinski definition) is 3. The molecule has 0 atom stereocenters. The lowest BCUT2D eigenvalue weighted by Gasteiger charge is -2.26. The molecule has 0 spiro atoms. The van der Waals surface area contributed by atoms with Crippen LogP contribution in [0, 0.1) is 0 Å². The third-order valence-corrected chi connectivity index (χ3v) is 4.11. The van der Waals surface area contributed by atoms with Gasteiger partial charge in [-0.25, -0.2) is 0 Å². The van der Waals surface area contributed by atoms with E-state index in [1.54, 1.807) is 0 Å². The molecule has 2 rings (SSSR count). The van der Waals surface area contributed by atoms with Gasteiger partial charge in [0, 0.05) is 37.1 Å². The molecule has 4 nitrogen and oxygen atoms in total. The summed E-state index contributed by atoms with van der Waals surface area (Å²) in [4.78, 5) is 13.9. The zero-order valence-corrected chi connectivity index (χ0v) is 13.9. The van der Waals surface area contributed by atoms with Crippen molar-refractivity contribution >= 4 is 21.8 Å². The smallest absolute Gasteiger partial charge is 0.223 e. The number of nitrogens with zero attached hydrogens (tertiary/aromatic N) is 1. The molecule has 1 aliphatic heterocycles. The van der Waals surface area contributed by atoms with E-state index in [1.807, 2.05) is 29.2 Å². The summed E-state index contributed by atoms with van der Waals surface area (Å²) < 4.78 is 6.65. The number of carbonyl (C=O) groups is 1. The minimum Gasteiger partial charge on any atom is -0.492 e. The first-order chi connectivity index (χ1) is 10.3. The Labute approximate surface area is 135 Å². The van der Waals surface area contributed by atoms with Crippen LogP contribution in [-0.2, 0) is 4.79 Å². The van der Waals surface area contributed by atoms with Crippen molar-refractivity contribution < 1.29 is 9.53 Å². The van der Waals surface area contributed by atoms with Crippen molar-refractivity contribution in [2.24, 2.45) is 0 Å². The van der Waals surface area contributed by atoms with Crippen LogP contribution >= 0.6 is 15.9 Å². The predicted molar refractivity (Wildman–Crippen MR) is 87.6 cm³/mol. The molecule has 5 heteroatoms. The molecule has 1 saturated heterocycles. The van der Waals surface area contributed by atoms with E-state index in [-0.39, 0.29) is 5.91 Å². The van der Waals surface area contributed by atoms with Crippen LogP contribution in [0.15, 0.2) is 28.7 Å². The zero-order chi connectivity index (χ0) is 14.9. The van der Waals surface area contributed by atoms with Gasteiger partial charge in [-0.3, -0.25) is 4.79 Å². The average molecular weight is 355 g/mol. The lowest BCUT2D eigenvalue weighted by molar-refractivity contribution is -0.131. The Morgan fingerprint density at radius 3 is 2.57 bits per heavy atom. The topological polar surface area (TPSA) is 41.6 Å². The molecular formula is C16H23BrN2O2. The number of piperidine rings is 1. The van der Waals surface area contributed by atoms with Crippen LogP contribution in [0.3, 0.4) is 0 Å². The van der Waals surface area contributed by atoms with Gasteiger partial charge < -0.3 is 15.0 Å². The highest BCUT2D eigenvalue weighted by Crippen LogP contribution is 2.15. The maximum absolute atomic E-state index is 11.9. The second-order valence-corrected chi connectivity index (χ2v) is 6.16. The SMILES string of the molecule is O=C(CCNCCOc1ccc(Br)cc1)N1CCCCC1. The van der Waals surface area contributed by atoms with Crippen LogP contribution in [-0.4, -0.2) is 43.6 Å². The monoisotopic (exact) mass is 354 g/mol. The summed E-state index contributed by atoms with van der Waals surface area (Å²) in [7, 11) is 0. The number of likely N-dealkylation sites (tertiary alicyclic amines) is 1. The van der Waals surface area contributed by atoms with Gasteiger partial charge in [-0.15, -0.1) is 0 Å². The summed E-state index contributed by atoms with van der Waals surface area (Å²) in [6.07, 6.45) is 4.15. The van der Waals surface area contributed by atoms with Gasteiger partial charge in [0.05, 0.1) is 0 Å².